The number of hydrogen-bond donors (Lipinski definition) is 4. The second-order valence-corrected chi connectivity index (χ2v) is 18.6. The molecule has 9 rings (SSSR count). The van der Waals surface area contributed by atoms with Crippen molar-refractivity contribution in [1.29, 1.82) is 0 Å². The molecular formula is C55H61F3N12O6. The van der Waals surface area contributed by atoms with Gasteiger partial charge in [0, 0.05) is 41.5 Å². The van der Waals surface area contributed by atoms with Crippen LogP contribution in [0, 0.1) is 25.7 Å². The third-order valence-electron chi connectivity index (χ3n) is 12.9. The largest absolute Gasteiger partial charge is 0.484 e. The molecule has 1 saturated heterocycles. The molecule has 0 radical (unpaired) electrons. The Hall–Kier alpha value is -7.90. The molecule has 0 saturated carbocycles. The van der Waals surface area contributed by atoms with Crippen LogP contribution < -0.4 is 26.4 Å². The number of piperidine rings is 1. The van der Waals surface area contributed by atoms with Crippen molar-refractivity contribution in [2.45, 2.75) is 58.6 Å². The van der Waals surface area contributed by atoms with Gasteiger partial charge in [0.1, 0.15) is 29.3 Å². The molecule has 4 aromatic heterocycles. The van der Waals surface area contributed by atoms with Crippen molar-refractivity contribution in [3.63, 3.8) is 0 Å². The van der Waals surface area contributed by atoms with E-state index in [0.717, 1.165) is 82.0 Å². The standard InChI is InChI=1S/C55H61F3N12O6/c1-37-53(38(2)76-65-37)40-28-48(59)54-51(29-40)68(36-62-54)31-39-7-4-9-46(27-39)75-34-52(71)61-19-22-72-23-24-73-25-26-74-33-43-32-70(66-64-43)44-14-12-41(13-15-44)60-18-6-8-45-30-47-49(63-42-16-20-67(3)21-17-42)10-5-11-50(47)69(45)35-55(56,57)58/h4-5,7,9-15,27-30,32,36,42,60,63H,16-26,31,33-35,59H2,1-3H3,(H,61,71). The van der Waals surface area contributed by atoms with E-state index in [2.05, 4.69) is 60.2 Å². The summed E-state index contributed by atoms with van der Waals surface area (Å²) in [6.45, 7) is 7.48. The van der Waals surface area contributed by atoms with Crippen LogP contribution in [0.2, 0.25) is 0 Å². The van der Waals surface area contributed by atoms with E-state index in [9.17, 15) is 18.0 Å². The van der Waals surface area contributed by atoms with Gasteiger partial charge in [-0.2, -0.15) is 13.2 Å². The lowest BCUT2D eigenvalue weighted by Crippen LogP contribution is -2.36. The highest BCUT2D eigenvalue weighted by Crippen LogP contribution is 2.34. The quantitative estimate of drug-likeness (QED) is 0.0276. The number of carbonyl (C=O) groups excluding carboxylic acids is 1. The number of ether oxygens (including phenoxy) is 4. The van der Waals surface area contributed by atoms with Gasteiger partial charge in [0.2, 0.25) is 0 Å². The van der Waals surface area contributed by atoms with Gasteiger partial charge in [-0.1, -0.05) is 34.5 Å². The van der Waals surface area contributed by atoms with Crippen molar-refractivity contribution in [2.24, 2.45) is 0 Å². The molecule has 8 aromatic rings. The number of nitrogen functional groups attached to an aromatic ring is 1. The third kappa shape index (κ3) is 13.9. The predicted octanol–water partition coefficient (Wildman–Crippen LogP) is 7.75. The number of hydrogen-bond acceptors (Lipinski definition) is 14. The van der Waals surface area contributed by atoms with Gasteiger partial charge >= 0.3 is 6.18 Å². The molecule has 1 amide bonds. The second kappa shape index (κ2) is 24.6. The lowest BCUT2D eigenvalue weighted by molar-refractivity contribution is -0.140. The van der Waals surface area contributed by atoms with Gasteiger partial charge in [-0.15, -0.1) is 5.10 Å². The van der Waals surface area contributed by atoms with E-state index in [-0.39, 0.29) is 31.7 Å². The number of likely N-dealkylation sites (tertiary alicyclic amines) is 1. The summed E-state index contributed by atoms with van der Waals surface area (Å²) in [4.78, 5) is 19.3. The molecule has 5 heterocycles. The maximum atomic E-state index is 13.7. The van der Waals surface area contributed by atoms with Gasteiger partial charge in [-0.05, 0) is 131 Å². The average molecular weight is 1040 g/mol. The summed E-state index contributed by atoms with van der Waals surface area (Å²) in [7, 11) is 2.09. The minimum Gasteiger partial charge on any atom is -0.484 e. The van der Waals surface area contributed by atoms with Crippen LogP contribution in [0.15, 0.2) is 102 Å². The summed E-state index contributed by atoms with van der Waals surface area (Å²) < 4.78 is 74.2. The van der Waals surface area contributed by atoms with Gasteiger partial charge < -0.3 is 59.2 Å². The second-order valence-electron chi connectivity index (χ2n) is 18.6. The van der Waals surface area contributed by atoms with E-state index >= 15 is 0 Å². The zero-order chi connectivity index (χ0) is 53.0. The molecule has 1 aliphatic heterocycles. The van der Waals surface area contributed by atoms with E-state index in [0.29, 0.717) is 80.0 Å². The monoisotopic (exact) mass is 1040 g/mol. The van der Waals surface area contributed by atoms with Crippen molar-refractivity contribution < 1.29 is 41.4 Å². The molecular weight excluding hydrogens is 982 g/mol. The van der Waals surface area contributed by atoms with Crippen LogP contribution in [-0.4, -0.2) is 130 Å². The van der Waals surface area contributed by atoms with Crippen molar-refractivity contribution in [3.8, 4) is 34.4 Å². The van der Waals surface area contributed by atoms with Crippen LogP contribution in [-0.2, 0) is 38.7 Å². The number of fused-ring (bicyclic) bond motifs is 2. The van der Waals surface area contributed by atoms with E-state index < -0.39 is 12.7 Å². The molecule has 76 heavy (non-hydrogen) atoms. The van der Waals surface area contributed by atoms with Gasteiger partial charge in [0.15, 0.2) is 6.61 Å². The first-order valence-corrected chi connectivity index (χ1v) is 25.1. The fraction of sp³-hybridized carbons (Fsp3) is 0.364. The number of imidazole rings is 1. The Morgan fingerprint density at radius 2 is 1.70 bits per heavy atom. The molecule has 1 aliphatic rings. The fourth-order valence-corrected chi connectivity index (χ4v) is 9.11. The number of nitrogens with zero attached hydrogens (tertiary/aromatic N) is 8. The molecule has 21 heteroatoms. The van der Waals surface area contributed by atoms with Crippen LogP contribution in [0.5, 0.6) is 5.75 Å². The molecule has 0 unspecified atom stereocenters. The number of nitrogens with one attached hydrogen (secondary N) is 3. The van der Waals surface area contributed by atoms with E-state index in [1.54, 1.807) is 41.5 Å². The van der Waals surface area contributed by atoms with E-state index in [4.69, 9.17) is 29.2 Å². The van der Waals surface area contributed by atoms with Gasteiger partial charge in [0.05, 0.1) is 92.5 Å². The Morgan fingerprint density at radius 1 is 0.921 bits per heavy atom. The first-order chi connectivity index (χ1) is 36.8. The molecule has 0 atom stereocenters. The predicted molar refractivity (Wildman–Crippen MR) is 283 cm³/mol. The number of halogens is 3. The van der Waals surface area contributed by atoms with Crippen LogP contribution >= 0.6 is 0 Å². The number of amides is 1. The van der Waals surface area contributed by atoms with Crippen molar-refractivity contribution in [1.82, 2.24) is 44.5 Å². The number of aromatic nitrogens is 7. The number of alkyl halides is 3. The van der Waals surface area contributed by atoms with Crippen LogP contribution in [0.4, 0.5) is 30.2 Å². The van der Waals surface area contributed by atoms with Gasteiger partial charge in [-0.25, -0.2) is 9.67 Å². The maximum Gasteiger partial charge on any atom is 0.406 e. The highest BCUT2D eigenvalue weighted by Gasteiger charge is 2.30. The van der Waals surface area contributed by atoms with Gasteiger partial charge in [0.25, 0.3) is 5.91 Å². The Kier molecular flexibility index (Phi) is 17.2. The first kappa shape index (κ1) is 52.9. The minimum absolute atomic E-state index is 0.145. The van der Waals surface area contributed by atoms with Crippen molar-refractivity contribution in [2.75, 3.05) is 89.2 Å². The van der Waals surface area contributed by atoms with E-state index in [1.165, 1.54) is 4.57 Å². The third-order valence-corrected chi connectivity index (χ3v) is 12.9. The van der Waals surface area contributed by atoms with Crippen molar-refractivity contribution >= 4 is 44.9 Å². The minimum atomic E-state index is -4.41. The Balaban J connectivity index is 0.631. The molecule has 0 aliphatic carbocycles. The topological polar surface area (TPSA) is 199 Å². The van der Waals surface area contributed by atoms with Gasteiger partial charge in [-0.3, -0.25) is 4.79 Å². The van der Waals surface area contributed by atoms with Crippen LogP contribution in [0.1, 0.15) is 41.2 Å². The first-order valence-electron chi connectivity index (χ1n) is 25.1. The number of carbonyl (C=O) groups is 1. The number of benzene rings is 4. The summed E-state index contributed by atoms with van der Waals surface area (Å²) in [5.41, 5.74) is 16.0. The molecule has 0 bridgehead atoms. The lowest BCUT2D eigenvalue weighted by atomic mass is 10.0. The van der Waals surface area contributed by atoms with Crippen LogP contribution in [0.3, 0.4) is 0 Å². The number of nitrogens with two attached hydrogens (primary N) is 1. The lowest BCUT2D eigenvalue weighted by Gasteiger charge is -2.30. The normalized spacial score (nSPS) is 13.3. The molecule has 1 fully saturated rings. The number of anilines is 3. The number of aryl methyl sites for hydroxylation is 2. The maximum absolute atomic E-state index is 13.7. The van der Waals surface area contributed by atoms with Crippen molar-refractivity contribution in [3.05, 3.63) is 126 Å². The highest BCUT2D eigenvalue weighted by molar-refractivity contribution is 5.94. The smallest absolute Gasteiger partial charge is 0.406 e. The Bertz CT molecular complexity index is 3270. The SMILES string of the molecule is Cc1noc(C)c1-c1cc(N)c2ncn(Cc3cccc(OCC(=O)NCCOCCOCCOCc4cn(-c5ccc(NCC#Cc6cc7c(NC8CCN(C)CC8)cccc7n6CC(F)(F)F)cc5)nn4)c3)c2c1. The molecule has 398 valence electrons. The average Bonchev–Trinajstić information content (AvgIpc) is 4.22. The zero-order valence-electron chi connectivity index (χ0n) is 42.7. The highest BCUT2D eigenvalue weighted by atomic mass is 19.4. The summed E-state index contributed by atoms with van der Waals surface area (Å²) in [5, 5.41) is 22.8. The summed E-state index contributed by atoms with van der Waals surface area (Å²) in [6, 6.07) is 26.4. The molecule has 18 nitrogen and oxygen atoms in total. The Morgan fingerprint density at radius 3 is 2.47 bits per heavy atom. The Labute approximate surface area is 437 Å². The number of rotatable bonds is 23. The molecule has 4 aromatic carbocycles. The fourth-order valence-electron chi connectivity index (χ4n) is 9.11. The zero-order valence-corrected chi connectivity index (χ0v) is 42.7. The summed E-state index contributed by atoms with van der Waals surface area (Å²) >= 11 is 0. The summed E-state index contributed by atoms with van der Waals surface area (Å²) in [5.74, 6) is 7.01. The van der Waals surface area contributed by atoms with E-state index in [1.807, 2.05) is 79.1 Å². The van der Waals surface area contributed by atoms with Crippen LogP contribution in [0.25, 0.3) is 38.8 Å². The molecule has 5 N–H and O–H groups in total. The molecule has 0 spiro atoms. The summed E-state index contributed by atoms with van der Waals surface area (Å²) in [6.07, 6.45) is 1.06.